The predicted octanol–water partition coefficient (Wildman–Crippen LogP) is 5.27. The molecule has 8 heteroatoms. The first-order valence-electron chi connectivity index (χ1n) is 4.85. The largest absolute Gasteiger partial charge is 0.288 e. The van der Waals surface area contributed by atoms with E-state index in [0.29, 0.717) is 11.1 Å². The number of nitrogens with zero attached hydrogens (tertiary/aromatic N) is 2. The second kappa shape index (κ2) is 5.51. The molecule has 0 N–H and O–H groups in total. The number of halogens is 4. The average molecular weight is 338 g/mol. The molecule has 19 heavy (non-hydrogen) atoms. The van der Waals surface area contributed by atoms with Crippen LogP contribution < -0.4 is 0 Å². The summed E-state index contributed by atoms with van der Waals surface area (Å²) in [6.45, 7) is 0. The normalized spacial score (nSPS) is 10.5. The Labute approximate surface area is 128 Å². The SMILES string of the molecule is O=[N+]([O-])c1cnc(Cl)c(-c2cc(Cl)c(Cl)cc2Cl)c1. The Morgan fingerprint density at radius 2 is 1.58 bits per heavy atom. The molecule has 4 nitrogen and oxygen atoms in total. The number of pyridine rings is 1. The highest BCUT2D eigenvalue weighted by Gasteiger charge is 2.16. The highest BCUT2D eigenvalue weighted by atomic mass is 35.5. The lowest BCUT2D eigenvalue weighted by Crippen LogP contribution is -1.92. The molecular weight excluding hydrogens is 334 g/mol. The average Bonchev–Trinajstić information content (AvgIpc) is 2.34. The third-order valence-electron chi connectivity index (χ3n) is 2.34. The van der Waals surface area contributed by atoms with E-state index >= 15 is 0 Å². The van der Waals surface area contributed by atoms with Crippen molar-refractivity contribution in [3.05, 3.63) is 54.7 Å². The molecule has 1 aromatic carbocycles. The fraction of sp³-hybridized carbons (Fsp3) is 0. The molecule has 0 bridgehead atoms. The summed E-state index contributed by atoms with van der Waals surface area (Å²) in [6, 6.07) is 4.20. The van der Waals surface area contributed by atoms with Gasteiger partial charge in [-0.25, -0.2) is 4.98 Å². The zero-order chi connectivity index (χ0) is 14.2. The minimum absolute atomic E-state index is 0.0888. The summed E-state index contributed by atoms with van der Waals surface area (Å²) in [7, 11) is 0. The third-order valence-corrected chi connectivity index (χ3v) is 3.67. The van der Waals surface area contributed by atoms with Gasteiger partial charge in [-0.2, -0.15) is 0 Å². The van der Waals surface area contributed by atoms with Crippen LogP contribution in [0.4, 0.5) is 5.69 Å². The van der Waals surface area contributed by atoms with E-state index in [4.69, 9.17) is 46.4 Å². The molecule has 0 radical (unpaired) electrons. The van der Waals surface area contributed by atoms with E-state index in [0.717, 1.165) is 6.20 Å². The first-order valence-corrected chi connectivity index (χ1v) is 6.36. The van der Waals surface area contributed by atoms with Gasteiger partial charge in [0.05, 0.1) is 20.0 Å². The van der Waals surface area contributed by atoms with Crippen LogP contribution in [-0.4, -0.2) is 9.91 Å². The summed E-state index contributed by atoms with van der Waals surface area (Å²) in [5, 5.41) is 11.7. The van der Waals surface area contributed by atoms with Gasteiger partial charge in [-0.15, -0.1) is 0 Å². The molecule has 0 saturated carbocycles. The Morgan fingerprint density at radius 3 is 2.21 bits per heavy atom. The molecule has 0 saturated heterocycles. The van der Waals surface area contributed by atoms with Crippen molar-refractivity contribution in [3.63, 3.8) is 0 Å². The molecule has 0 unspecified atom stereocenters. The Morgan fingerprint density at radius 1 is 0.947 bits per heavy atom. The van der Waals surface area contributed by atoms with E-state index in [9.17, 15) is 10.1 Å². The third kappa shape index (κ3) is 2.92. The van der Waals surface area contributed by atoms with Crippen molar-refractivity contribution < 1.29 is 4.92 Å². The number of rotatable bonds is 2. The molecule has 0 aliphatic carbocycles. The topological polar surface area (TPSA) is 56.0 Å². The van der Waals surface area contributed by atoms with Crippen LogP contribution in [0, 0.1) is 10.1 Å². The molecule has 0 aliphatic rings. The van der Waals surface area contributed by atoms with Crippen molar-refractivity contribution >= 4 is 52.1 Å². The van der Waals surface area contributed by atoms with E-state index in [1.807, 2.05) is 0 Å². The van der Waals surface area contributed by atoms with E-state index < -0.39 is 4.92 Å². The summed E-state index contributed by atoms with van der Waals surface area (Å²) in [4.78, 5) is 13.9. The van der Waals surface area contributed by atoms with Gasteiger partial charge in [0.2, 0.25) is 0 Å². The molecule has 98 valence electrons. The van der Waals surface area contributed by atoms with E-state index in [1.165, 1.54) is 18.2 Å². The van der Waals surface area contributed by atoms with Crippen LogP contribution in [0.2, 0.25) is 20.2 Å². The van der Waals surface area contributed by atoms with Crippen LogP contribution >= 0.6 is 46.4 Å². The molecule has 0 amide bonds. The number of nitro groups is 1. The molecule has 1 aromatic heterocycles. The van der Waals surface area contributed by atoms with E-state index in [2.05, 4.69) is 4.98 Å². The fourth-order valence-corrected chi connectivity index (χ4v) is 2.31. The fourth-order valence-electron chi connectivity index (χ4n) is 1.45. The van der Waals surface area contributed by atoms with Crippen LogP contribution in [0.5, 0.6) is 0 Å². The lowest BCUT2D eigenvalue weighted by molar-refractivity contribution is -0.385. The smallest absolute Gasteiger partial charge is 0.258 e. The summed E-state index contributed by atoms with van der Waals surface area (Å²) < 4.78 is 0. The molecule has 1 heterocycles. The Kier molecular flexibility index (Phi) is 4.16. The minimum atomic E-state index is -0.571. The van der Waals surface area contributed by atoms with Gasteiger partial charge in [-0.05, 0) is 12.1 Å². The van der Waals surface area contributed by atoms with Crippen LogP contribution in [-0.2, 0) is 0 Å². The molecule has 0 spiro atoms. The first kappa shape index (κ1) is 14.3. The van der Waals surface area contributed by atoms with Crippen LogP contribution in [0.3, 0.4) is 0 Å². The lowest BCUT2D eigenvalue weighted by atomic mass is 10.1. The maximum atomic E-state index is 10.7. The Hall–Kier alpha value is -1.07. The van der Waals surface area contributed by atoms with Gasteiger partial charge in [0.15, 0.2) is 0 Å². The first-order chi connectivity index (χ1) is 8.90. The molecule has 0 atom stereocenters. The van der Waals surface area contributed by atoms with Gasteiger partial charge >= 0.3 is 0 Å². The van der Waals surface area contributed by atoms with Crippen LogP contribution in [0.15, 0.2) is 24.4 Å². The number of hydrogen-bond acceptors (Lipinski definition) is 3. The quantitative estimate of drug-likeness (QED) is 0.324. The summed E-state index contributed by atoms with van der Waals surface area (Å²) in [5.41, 5.74) is 0.554. The minimum Gasteiger partial charge on any atom is -0.258 e. The molecular formula is C11H4Cl4N2O2. The van der Waals surface area contributed by atoms with Crippen LogP contribution in [0.25, 0.3) is 11.1 Å². The number of aromatic nitrogens is 1. The molecule has 2 aromatic rings. The van der Waals surface area contributed by atoms with Crippen molar-refractivity contribution in [2.45, 2.75) is 0 Å². The second-order valence-corrected chi connectivity index (χ2v) is 5.11. The van der Waals surface area contributed by atoms with Gasteiger partial charge in [0.1, 0.15) is 11.3 Å². The highest BCUT2D eigenvalue weighted by Crippen LogP contribution is 2.38. The van der Waals surface area contributed by atoms with Crippen molar-refractivity contribution in [3.8, 4) is 11.1 Å². The van der Waals surface area contributed by atoms with Crippen LogP contribution in [0.1, 0.15) is 0 Å². The van der Waals surface area contributed by atoms with Crippen molar-refractivity contribution in [2.24, 2.45) is 0 Å². The van der Waals surface area contributed by atoms with Crippen molar-refractivity contribution in [1.82, 2.24) is 4.98 Å². The maximum absolute atomic E-state index is 10.7. The standard InChI is InChI=1S/C11H4Cl4N2O2/c12-8-3-10(14)9(13)2-6(8)7-1-5(17(18)19)4-16-11(7)15/h1-4H. The zero-order valence-corrected chi connectivity index (χ0v) is 12.1. The monoisotopic (exact) mass is 336 g/mol. The molecule has 2 rings (SSSR count). The van der Waals surface area contributed by atoms with Crippen molar-refractivity contribution in [2.75, 3.05) is 0 Å². The second-order valence-electron chi connectivity index (χ2n) is 3.54. The number of hydrogen-bond donors (Lipinski definition) is 0. The Bertz CT molecular complexity index is 676. The number of benzene rings is 1. The zero-order valence-electron chi connectivity index (χ0n) is 9.03. The Balaban J connectivity index is 2.67. The van der Waals surface area contributed by atoms with Gasteiger partial charge in [0.25, 0.3) is 5.69 Å². The highest BCUT2D eigenvalue weighted by molar-refractivity contribution is 6.44. The summed E-state index contributed by atoms with van der Waals surface area (Å²) >= 11 is 23.7. The van der Waals surface area contributed by atoms with Gasteiger partial charge in [-0.1, -0.05) is 46.4 Å². The van der Waals surface area contributed by atoms with Gasteiger partial charge < -0.3 is 0 Å². The van der Waals surface area contributed by atoms with E-state index in [1.54, 1.807) is 0 Å². The maximum Gasteiger partial charge on any atom is 0.288 e. The van der Waals surface area contributed by atoms with Crippen molar-refractivity contribution in [1.29, 1.82) is 0 Å². The summed E-state index contributed by atoms with van der Waals surface area (Å²) in [6.07, 6.45) is 1.07. The molecule has 0 fully saturated rings. The predicted molar refractivity (Wildman–Crippen MR) is 76.4 cm³/mol. The molecule has 0 aliphatic heterocycles. The lowest BCUT2D eigenvalue weighted by Gasteiger charge is -2.08. The van der Waals surface area contributed by atoms with E-state index in [-0.39, 0.29) is 25.9 Å². The van der Waals surface area contributed by atoms with Gasteiger partial charge in [-0.3, -0.25) is 10.1 Å². The summed E-state index contributed by atoms with van der Waals surface area (Å²) in [5.74, 6) is 0. The van der Waals surface area contributed by atoms with Gasteiger partial charge in [0, 0.05) is 17.2 Å².